The van der Waals surface area contributed by atoms with Gasteiger partial charge >= 0.3 is 6.09 Å². The van der Waals surface area contributed by atoms with Crippen LogP contribution in [0.1, 0.15) is 53.9 Å². The Morgan fingerprint density at radius 1 is 1.20 bits per heavy atom. The maximum Gasteiger partial charge on any atom is 0.410 e. The van der Waals surface area contributed by atoms with Crippen molar-refractivity contribution in [2.75, 3.05) is 26.3 Å². The molecule has 0 unspecified atom stereocenters. The first-order valence-corrected chi connectivity index (χ1v) is 7.46. The van der Waals surface area contributed by atoms with E-state index in [9.17, 15) is 9.59 Å². The molecule has 1 heterocycles. The third kappa shape index (κ3) is 8.91. The molecule has 0 aromatic heterocycles. The summed E-state index contributed by atoms with van der Waals surface area (Å²) in [6.45, 7) is 11.2. The number of ether oxygens (including phenoxy) is 2. The third-order valence-corrected chi connectivity index (χ3v) is 2.55. The molecule has 0 aliphatic carbocycles. The third-order valence-electron chi connectivity index (χ3n) is 2.55. The molecule has 0 spiro atoms. The van der Waals surface area contributed by atoms with Crippen LogP contribution in [0.4, 0.5) is 4.79 Å². The average molecular weight is 287 g/mol. The maximum atomic E-state index is 11.9. The molecular weight excluding hydrogens is 258 g/mol. The fourth-order valence-corrected chi connectivity index (χ4v) is 1.68. The molecule has 5 nitrogen and oxygen atoms in total. The van der Waals surface area contributed by atoms with Gasteiger partial charge in [0.25, 0.3) is 0 Å². The number of rotatable bonds is 0. The zero-order valence-electron chi connectivity index (χ0n) is 13.5. The van der Waals surface area contributed by atoms with Crippen LogP contribution in [-0.4, -0.2) is 48.7 Å². The van der Waals surface area contributed by atoms with Gasteiger partial charge in [0, 0.05) is 19.5 Å². The van der Waals surface area contributed by atoms with Gasteiger partial charge in [0.05, 0.1) is 6.61 Å². The number of carbonyl (C=O) groups is 2. The maximum absolute atomic E-state index is 11.9. The van der Waals surface area contributed by atoms with Crippen molar-refractivity contribution in [3.63, 3.8) is 0 Å². The molecule has 0 bridgehead atoms. The molecule has 1 aliphatic rings. The van der Waals surface area contributed by atoms with Crippen LogP contribution >= 0.6 is 0 Å². The molecule has 5 heteroatoms. The minimum atomic E-state index is -0.483. The number of hydrogen-bond donors (Lipinski definition) is 0. The predicted octanol–water partition coefficient (Wildman–Crippen LogP) is 3.02. The lowest BCUT2D eigenvalue weighted by Gasteiger charge is -2.27. The minimum absolute atomic E-state index is 0.140. The van der Waals surface area contributed by atoms with E-state index in [1.807, 2.05) is 34.6 Å². The number of nitrogens with zero attached hydrogens (tertiary/aromatic N) is 1. The lowest BCUT2D eigenvalue weighted by molar-refractivity contribution is -0.124. The van der Waals surface area contributed by atoms with Gasteiger partial charge in [0.1, 0.15) is 12.2 Å². The Morgan fingerprint density at radius 2 is 1.85 bits per heavy atom. The van der Waals surface area contributed by atoms with E-state index in [2.05, 4.69) is 0 Å². The highest BCUT2D eigenvalue weighted by molar-refractivity contribution is 5.79. The van der Waals surface area contributed by atoms with E-state index in [1.54, 1.807) is 4.90 Å². The molecule has 118 valence electrons. The van der Waals surface area contributed by atoms with Gasteiger partial charge in [-0.25, -0.2) is 4.79 Å². The van der Waals surface area contributed by atoms with E-state index in [0.29, 0.717) is 26.1 Å². The highest BCUT2D eigenvalue weighted by Crippen LogP contribution is 2.11. The zero-order chi connectivity index (χ0) is 15.6. The Morgan fingerprint density at radius 3 is 2.45 bits per heavy atom. The van der Waals surface area contributed by atoms with Crippen LogP contribution in [0.3, 0.4) is 0 Å². The molecule has 1 saturated heterocycles. The van der Waals surface area contributed by atoms with Gasteiger partial charge in [-0.1, -0.05) is 13.8 Å². The van der Waals surface area contributed by atoms with E-state index >= 15 is 0 Å². The Bertz CT molecular complexity index is 283. The summed E-state index contributed by atoms with van der Waals surface area (Å²) in [5.74, 6) is 0.140. The summed E-state index contributed by atoms with van der Waals surface area (Å²) in [6.07, 6.45) is 1.84. The molecule has 0 aromatic rings. The van der Waals surface area contributed by atoms with Crippen molar-refractivity contribution in [2.45, 2.75) is 59.5 Å². The quantitative estimate of drug-likeness (QED) is 0.687. The van der Waals surface area contributed by atoms with E-state index in [1.165, 1.54) is 0 Å². The Hall–Kier alpha value is -1.10. The second-order valence-electron chi connectivity index (χ2n) is 5.52. The molecule has 1 rings (SSSR count). The van der Waals surface area contributed by atoms with Crippen LogP contribution in [0.2, 0.25) is 0 Å². The molecule has 0 N–H and O–H groups in total. The zero-order valence-corrected chi connectivity index (χ0v) is 13.5. The fourth-order valence-electron chi connectivity index (χ4n) is 1.68. The minimum Gasteiger partial charge on any atom is -0.444 e. The molecule has 0 atom stereocenters. The second-order valence-corrected chi connectivity index (χ2v) is 5.52. The van der Waals surface area contributed by atoms with Crippen molar-refractivity contribution >= 4 is 11.9 Å². The molecule has 1 aliphatic heterocycles. The normalized spacial score (nSPS) is 17.9. The van der Waals surface area contributed by atoms with Crippen LogP contribution in [0.15, 0.2) is 0 Å². The first-order chi connectivity index (χ1) is 9.38. The summed E-state index contributed by atoms with van der Waals surface area (Å²) in [5.41, 5.74) is -0.483. The molecule has 0 saturated carbocycles. The Balaban J connectivity index is 0.00000172. The topological polar surface area (TPSA) is 55.8 Å². The summed E-state index contributed by atoms with van der Waals surface area (Å²) in [5, 5.41) is 0. The summed E-state index contributed by atoms with van der Waals surface area (Å²) < 4.78 is 10.6. The van der Waals surface area contributed by atoms with Gasteiger partial charge in [-0.05, 0) is 33.6 Å². The van der Waals surface area contributed by atoms with Gasteiger partial charge in [-0.15, -0.1) is 0 Å². The Kier molecular flexibility index (Phi) is 9.21. The summed E-state index contributed by atoms with van der Waals surface area (Å²) in [6, 6.07) is 0. The molecular formula is C15H29NO4. The first-order valence-electron chi connectivity index (χ1n) is 7.46. The molecule has 0 radical (unpaired) electrons. The molecule has 0 aromatic carbocycles. The highest BCUT2D eigenvalue weighted by Gasteiger charge is 2.22. The van der Waals surface area contributed by atoms with E-state index in [4.69, 9.17) is 9.47 Å². The van der Waals surface area contributed by atoms with Gasteiger partial charge < -0.3 is 14.4 Å². The fraction of sp³-hybridized carbons (Fsp3) is 0.867. The van der Waals surface area contributed by atoms with Gasteiger partial charge in [-0.3, -0.25) is 4.79 Å². The van der Waals surface area contributed by atoms with Gasteiger partial charge in [-0.2, -0.15) is 0 Å². The summed E-state index contributed by atoms with van der Waals surface area (Å²) in [4.78, 5) is 24.8. The number of amides is 1. The Labute approximate surface area is 122 Å². The SMILES string of the molecule is CC.CC(C)(C)OC(=O)N1CCCCC(=O)COCC1. The number of Topliss-reactive ketones (excluding diaryl/α,β-unsaturated/α-hetero) is 1. The molecule has 20 heavy (non-hydrogen) atoms. The summed E-state index contributed by atoms with van der Waals surface area (Å²) >= 11 is 0. The van der Waals surface area contributed by atoms with Gasteiger partial charge in [0.2, 0.25) is 0 Å². The lowest BCUT2D eigenvalue weighted by Crippen LogP contribution is -2.39. The van der Waals surface area contributed by atoms with Crippen molar-refractivity contribution < 1.29 is 19.1 Å². The van der Waals surface area contributed by atoms with Crippen molar-refractivity contribution in [3.05, 3.63) is 0 Å². The van der Waals surface area contributed by atoms with Crippen LogP contribution in [-0.2, 0) is 14.3 Å². The van der Waals surface area contributed by atoms with Crippen molar-refractivity contribution in [1.82, 2.24) is 4.90 Å². The van der Waals surface area contributed by atoms with Crippen LogP contribution in [0, 0.1) is 0 Å². The standard InChI is InChI=1S/C13H23NO4.C2H6/c1-13(2,3)18-12(16)14-7-5-4-6-11(15)10-17-9-8-14;1-2/h4-10H2,1-3H3;1-2H3. The molecule has 1 fully saturated rings. The van der Waals surface area contributed by atoms with E-state index in [0.717, 1.165) is 12.8 Å². The monoisotopic (exact) mass is 287 g/mol. The second kappa shape index (κ2) is 9.75. The summed E-state index contributed by atoms with van der Waals surface area (Å²) in [7, 11) is 0. The average Bonchev–Trinajstić information content (AvgIpc) is 2.37. The van der Waals surface area contributed by atoms with E-state index < -0.39 is 5.60 Å². The number of ketones is 1. The van der Waals surface area contributed by atoms with Gasteiger partial charge in [0.15, 0.2) is 5.78 Å². The van der Waals surface area contributed by atoms with Crippen molar-refractivity contribution in [3.8, 4) is 0 Å². The smallest absolute Gasteiger partial charge is 0.410 e. The number of carbonyl (C=O) groups excluding carboxylic acids is 2. The lowest BCUT2D eigenvalue weighted by atomic mass is 10.1. The van der Waals surface area contributed by atoms with Crippen molar-refractivity contribution in [1.29, 1.82) is 0 Å². The largest absolute Gasteiger partial charge is 0.444 e. The van der Waals surface area contributed by atoms with E-state index in [-0.39, 0.29) is 18.5 Å². The highest BCUT2D eigenvalue weighted by atomic mass is 16.6. The molecule has 1 amide bonds. The van der Waals surface area contributed by atoms with Crippen LogP contribution in [0.25, 0.3) is 0 Å². The first kappa shape index (κ1) is 18.9. The van der Waals surface area contributed by atoms with Crippen molar-refractivity contribution in [2.24, 2.45) is 0 Å². The number of hydrogen-bond acceptors (Lipinski definition) is 4. The predicted molar refractivity (Wildman–Crippen MR) is 78.8 cm³/mol. The van der Waals surface area contributed by atoms with Crippen LogP contribution < -0.4 is 0 Å². The van der Waals surface area contributed by atoms with Crippen LogP contribution in [0.5, 0.6) is 0 Å².